The lowest BCUT2D eigenvalue weighted by molar-refractivity contribution is -0.131. The Hall–Kier alpha value is -3.21. The summed E-state index contributed by atoms with van der Waals surface area (Å²) in [6.45, 7) is 3.42. The van der Waals surface area contributed by atoms with Crippen molar-refractivity contribution in [1.29, 1.82) is 0 Å². The first-order valence-electron chi connectivity index (χ1n) is 10.7. The number of benzene rings is 2. The van der Waals surface area contributed by atoms with Gasteiger partial charge in [0.2, 0.25) is 5.91 Å². The highest BCUT2D eigenvalue weighted by molar-refractivity contribution is 5.79. The smallest absolute Gasteiger partial charge is 0.226 e. The van der Waals surface area contributed by atoms with Crippen LogP contribution in [0.2, 0.25) is 0 Å². The third-order valence-electron chi connectivity index (χ3n) is 5.92. The molecule has 0 aliphatic carbocycles. The second-order valence-corrected chi connectivity index (χ2v) is 8.09. The average molecular weight is 419 g/mol. The van der Waals surface area contributed by atoms with Gasteiger partial charge >= 0.3 is 0 Å². The standard InChI is InChI=1S/C26H27FN2O2/c1-18-14-22(20-6-4-3-5-7-20)17-24(28-18)21-10-12-29(13-11-21)26(30)16-19-8-9-25(31-2)23(27)15-19/h3-9,14-15,17,21H,10-13,16H2,1-2H3. The first-order chi connectivity index (χ1) is 15.0. The van der Waals surface area contributed by atoms with Crippen LogP contribution < -0.4 is 4.74 Å². The van der Waals surface area contributed by atoms with Crippen molar-refractivity contribution >= 4 is 5.91 Å². The lowest BCUT2D eigenvalue weighted by Crippen LogP contribution is -2.39. The third-order valence-corrected chi connectivity index (χ3v) is 5.92. The van der Waals surface area contributed by atoms with E-state index in [1.807, 2.05) is 30.0 Å². The monoisotopic (exact) mass is 418 g/mol. The summed E-state index contributed by atoms with van der Waals surface area (Å²) >= 11 is 0. The molecule has 0 N–H and O–H groups in total. The molecule has 1 aliphatic rings. The van der Waals surface area contributed by atoms with E-state index in [1.54, 1.807) is 12.1 Å². The quantitative estimate of drug-likeness (QED) is 0.575. The molecule has 31 heavy (non-hydrogen) atoms. The summed E-state index contributed by atoms with van der Waals surface area (Å²) < 4.78 is 18.9. The van der Waals surface area contributed by atoms with Gasteiger partial charge in [0.05, 0.1) is 13.5 Å². The van der Waals surface area contributed by atoms with Gasteiger partial charge in [-0.2, -0.15) is 0 Å². The number of hydrogen-bond acceptors (Lipinski definition) is 3. The molecule has 0 unspecified atom stereocenters. The summed E-state index contributed by atoms with van der Waals surface area (Å²) in [6.07, 6.45) is 1.97. The van der Waals surface area contributed by atoms with Crippen LogP contribution in [0.5, 0.6) is 5.75 Å². The highest BCUT2D eigenvalue weighted by Gasteiger charge is 2.25. The molecule has 4 rings (SSSR count). The Labute approximate surface area is 182 Å². The number of hydrogen-bond donors (Lipinski definition) is 0. The summed E-state index contributed by atoms with van der Waals surface area (Å²) in [6, 6.07) is 19.3. The van der Waals surface area contributed by atoms with Crippen molar-refractivity contribution in [3.8, 4) is 16.9 Å². The Bertz CT molecular complexity index is 1060. The molecule has 1 aromatic heterocycles. The van der Waals surface area contributed by atoms with E-state index in [2.05, 4.69) is 24.3 Å². The second-order valence-electron chi connectivity index (χ2n) is 8.09. The summed E-state index contributed by atoms with van der Waals surface area (Å²) in [5, 5.41) is 0. The zero-order valence-electron chi connectivity index (χ0n) is 18.0. The number of ether oxygens (including phenoxy) is 1. The van der Waals surface area contributed by atoms with E-state index in [9.17, 15) is 9.18 Å². The first kappa shape index (κ1) is 21.0. The topological polar surface area (TPSA) is 42.4 Å². The van der Waals surface area contributed by atoms with Gasteiger partial charge in [0.1, 0.15) is 0 Å². The van der Waals surface area contributed by atoms with Gasteiger partial charge in [-0.3, -0.25) is 9.78 Å². The lowest BCUT2D eigenvalue weighted by Gasteiger charge is -2.32. The number of likely N-dealkylation sites (tertiary alicyclic amines) is 1. The van der Waals surface area contributed by atoms with Gasteiger partial charge in [0, 0.05) is 30.4 Å². The van der Waals surface area contributed by atoms with Crippen LogP contribution >= 0.6 is 0 Å². The van der Waals surface area contributed by atoms with E-state index in [0.717, 1.165) is 24.2 Å². The highest BCUT2D eigenvalue weighted by atomic mass is 19.1. The molecule has 5 heteroatoms. The number of nitrogens with zero attached hydrogens (tertiary/aromatic N) is 2. The van der Waals surface area contributed by atoms with Crippen molar-refractivity contribution in [3.63, 3.8) is 0 Å². The number of pyridine rings is 1. The molecule has 2 aromatic carbocycles. The van der Waals surface area contributed by atoms with E-state index >= 15 is 0 Å². The zero-order valence-corrected chi connectivity index (χ0v) is 18.0. The van der Waals surface area contributed by atoms with Gasteiger partial charge in [-0.05, 0) is 60.7 Å². The van der Waals surface area contributed by atoms with E-state index in [0.29, 0.717) is 24.6 Å². The molecular formula is C26H27FN2O2. The first-order valence-corrected chi connectivity index (χ1v) is 10.7. The molecular weight excluding hydrogens is 391 g/mol. The highest BCUT2D eigenvalue weighted by Crippen LogP contribution is 2.30. The molecule has 2 heterocycles. The molecule has 0 radical (unpaired) electrons. The fourth-order valence-corrected chi connectivity index (χ4v) is 4.23. The fraction of sp³-hybridized carbons (Fsp3) is 0.308. The number of halogens is 1. The molecule has 0 atom stereocenters. The summed E-state index contributed by atoms with van der Waals surface area (Å²) in [4.78, 5) is 19.4. The Balaban J connectivity index is 1.40. The van der Waals surface area contributed by atoms with Crippen LogP contribution in [0.3, 0.4) is 0 Å². The Morgan fingerprint density at radius 1 is 1.06 bits per heavy atom. The lowest BCUT2D eigenvalue weighted by atomic mass is 9.91. The fourth-order valence-electron chi connectivity index (χ4n) is 4.23. The van der Waals surface area contributed by atoms with Crippen molar-refractivity contribution in [1.82, 2.24) is 9.88 Å². The number of amides is 1. The molecule has 0 bridgehead atoms. The number of methoxy groups -OCH3 is 1. The van der Waals surface area contributed by atoms with E-state index in [-0.39, 0.29) is 18.1 Å². The van der Waals surface area contributed by atoms with Crippen LogP contribution in [-0.2, 0) is 11.2 Å². The van der Waals surface area contributed by atoms with Crippen molar-refractivity contribution in [2.75, 3.05) is 20.2 Å². The van der Waals surface area contributed by atoms with Crippen molar-refractivity contribution in [2.24, 2.45) is 0 Å². The molecule has 4 nitrogen and oxygen atoms in total. The van der Waals surface area contributed by atoms with Crippen molar-refractivity contribution in [2.45, 2.75) is 32.1 Å². The minimum Gasteiger partial charge on any atom is -0.494 e. The van der Waals surface area contributed by atoms with Gasteiger partial charge in [-0.25, -0.2) is 4.39 Å². The van der Waals surface area contributed by atoms with Crippen LogP contribution in [0.25, 0.3) is 11.1 Å². The number of carbonyl (C=O) groups excluding carboxylic acids is 1. The number of rotatable bonds is 5. The molecule has 3 aromatic rings. The van der Waals surface area contributed by atoms with Gasteiger partial charge in [0.25, 0.3) is 0 Å². The molecule has 1 saturated heterocycles. The Kier molecular flexibility index (Phi) is 6.31. The third kappa shape index (κ3) is 4.93. The maximum Gasteiger partial charge on any atom is 0.226 e. The van der Waals surface area contributed by atoms with Gasteiger partial charge in [-0.15, -0.1) is 0 Å². The number of carbonyl (C=O) groups is 1. The van der Waals surface area contributed by atoms with Gasteiger partial charge in [-0.1, -0.05) is 36.4 Å². The maximum absolute atomic E-state index is 13.9. The van der Waals surface area contributed by atoms with Crippen LogP contribution in [0.4, 0.5) is 4.39 Å². The largest absolute Gasteiger partial charge is 0.494 e. The molecule has 1 fully saturated rings. The molecule has 1 amide bonds. The normalized spacial score (nSPS) is 14.5. The summed E-state index contributed by atoms with van der Waals surface area (Å²) in [7, 11) is 1.43. The van der Waals surface area contributed by atoms with E-state index in [4.69, 9.17) is 9.72 Å². The Morgan fingerprint density at radius 3 is 2.48 bits per heavy atom. The second kappa shape index (κ2) is 9.29. The van der Waals surface area contributed by atoms with Crippen LogP contribution in [-0.4, -0.2) is 36.0 Å². The number of aryl methyl sites for hydroxylation is 1. The average Bonchev–Trinajstić information content (AvgIpc) is 2.79. The predicted octanol–water partition coefficient (Wildman–Crippen LogP) is 5.15. The van der Waals surface area contributed by atoms with Crippen LogP contribution in [0.15, 0.2) is 60.7 Å². The van der Waals surface area contributed by atoms with Crippen LogP contribution in [0.1, 0.15) is 35.7 Å². The molecule has 1 aliphatic heterocycles. The predicted molar refractivity (Wildman–Crippen MR) is 120 cm³/mol. The van der Waals surface area contributed by atoms with Gasteiger partial charge in [0.15, 0.2) is 11.6 Å². The minimum absolute atomic E-state index is 0.0326. The van der Waals surface area contributed by atoms with Crippen LogP contribution in [0, 0.1) is 12.7 Å². The SMILES string of the molecule is COc1ccc(CC(=O)N2CCC(c3cc(-c4ccccc4)cc(C)n3)CC2)cc1F. The molecule has 0 spiro atoms. The van der Waals surface area contributed by atoms with E-state index in [1.165, 1.54) is 24.3 Å². The number of aromatic nitrogens is 1. The van der Waals surface area contributed by atoms with E-state index < -0.39 is 5.82 Å². The molecule has 160 valence electrons. The molecule has 0 saturated carbocycles. The maximum atomic E-state index is 13.9. The Morgan fingerprint density at radius 2 is 1.81 bits per heavy atom. The zero-order chi connectivity index (χ0) is 21.8. The van der Waals surface area contributed by atoms with Crippen molar-refractivity contribution < 1.29 is 13.9 Å². The summed E-state index contributed by atoms with van der Waals surface area (Å²) in [5.74, 6) is 0.124. The number of piperidine rings is 1. The summed E-state index contributed by atoms with van der Waals surface area (Å²) in [5.41, 5.74) is 5.15. The minimum atomic E-state index is -0.439. The van der Waals surface area contributed by atoms with Crippen molar-refractivity contribution in [3.05, 3.63) is 83.4 Å². The van der Waals surface area contributed by atoms with Gasteiger partial charge < -0.3 is 9.64 Å².